The zero-order valence-electron chi connectivity index (χ0n) is 1.36. The predicted octanol–water partition coefficient (Wildman–Crippen LogP) is 1.37. The Morgan fingerprint density at radius 1 is 1.25 bits per heavy atom. The SMILES string of the molecule is [Cl][Cu][Cl].[Cu+]. The average molecular weight is 198 g/mol. The summed E-state index contributed by atoms with van der Waals surface area (Å²) in [5.41, 5.74) is 0. The van der Waals surface area contributed by atoms with Crippen LogP contribution < -0.4 is 0 Å². The monoisotopic (exact) mass is 196 g/mol. The first-order chi connectivity index (χ1) is 1.41. The third-order valence-electron chi connectivity index (χ3n) is 0. The Morgan fingerprint density at radius 2 is 1.25 bits per heavy atom. The molecule has 0 aliphatic rings. The van der Waals surface area contributed by atoms with E-state index < -0.39 is 0 Å². The third kappa shape index (κ3) is 9.47. The number of rotatable bonds is 0. The maximum atomic E-state index is 4.67. The standard InChI is InChI=1S/2ClH.2Cu/h2*1H;;/q;;+1;+2/p-2. The Bertz CT molecular complexity index is 4.00. The minimum absolute atomic E-state index is 0. The molecule has 4 heavy (non-hydrogen) atoms. The fourth-order valence-electron chi connectivity index (χ4n) is 0. The van der Waals surface area contributed by atoms with Gasteiger partial charge in [0.1, 0.15) is 0 Å². The fourth-order valence-corrected chi connectivity index (χ4v) is 0. The molecule has 0 saturated heterocycles. The van der Waals surface area contributed by atoms with Crippen molar-refractivity contribution in [2.75, 3.05) is 0 Å². The van der Waals surface area contributed by atoms with Crippen molar-refractivity contribution in [3.8, 4) is 0 Å². The predicted molar refractivity (Wildman–Crippen MR) is 11.7 cm³/mol. The molecule has 0 fully saturated rings. The molecule has 0 bridgehead atoms. The van der Waals surface area contributed by atoms with Crippen LogP contribution in [0.3, 0.4) is 0 Å². The molecule has 0 N–H and O–H groups in total. The molecule has 0 saturated carbocycles. The summed E-state index contributed by atoms with van der Waals surface area (Å²) < 4.78 is 0. The summed E-state index contributed by atoms with van der Waals surface area (Å²) in [6.45, 7) is 0. The van der Waals surface area contributed by atoms with Crippen LogP contribution in [0.2, 0.25) is 0 Å². The normalized spacial score (nSPS) is 5.50. The maximum Gasteiger partial charge on any atom is 1.00 e. The first kappa shape index (κ1) is 9.15. The summed E-state index contributed by atoms with van der Waals surface area (Å²) in [6.07, 6.45) is 0. The Labute approximate surface area is 50.3 Å². The van der Waals surface area contributed by atoms with Crippen molar-refractivity contribution in [1.82, 2.24) is 0 Å². The molecule has 0 amide bonds. The molecule has 0 heterocycles. The molecule has 0 aromatic heterocycles. The second-order valence-electron chi connectivity index (χ2n) is 0.0431. The van der Waals surface area contributed by atoms with Crippen LogP contribution in [0.25, 0.3) is 0 Å². The Hall–Kier alpha value is 1.62. The van der Waals surface area contributed by atoms with Gasteiger partial charge in [-0.3, -0.25) is 0 Å². The first-order valence-electron chi connectivity index (χ1n) is 0.228. The van der Waals surface area contributed by atoms with Gasteiger partial charge < -0.3 is 0 Å². The summed E-state index contributed by atoms with van der Waals surface area (Å²) >= 11 is 0.757. The summed E-state index contributed by atoms with van der Waals surface area (Å²) in [6, 6.07) is 0. The Balaban J connectivity index is 0. The minimum Gasteiger partial charge on any atom is 1.00 e. The van der Waals surface area contributed by atoms with E-state index in [2.05, 4.69) is 20.2 Å². The molecular weight excluding hydrogens is 198 g/mol. The van der Waals surface area contributed by atoms with Crippen molar-refractivity contribution in [2.24, 2.45) is 0 Å². The minimum atomic E-state index is 0. The smallest absolute Gasteiger partial charge is 1.00 e. The van der Waals surface area contributed by atoms with Gasteiger partial charge in [0.05, 0.1) is 0 Å². The van der Waals surface area contributed by atoms with Gasteiger partial charge in [0.2, 0.25) is 0 Å². The topological polar surface area (TPSA) is 0 Å². The van der Waals surface area contributed by atoms with E-state index in [1.54, 1.807) is 0 Å². The van der Waals surface area contributed by atoms with Gasteiger partial charge in [-0.2, -0.15) is 0 Å². The fraction of sp³-hybridized carbons (Fsp3) is 0. The van der Waals surface area contributed by atoms with Gasteiger partial charge in [-0.15, -0.1) is 0 Å². The Morgan fingerprint density at radius 3 is 1.25 bits per heavy atom. The second kappa shape index (κ2) is 8.82. The van der Waals surface area contributed by atoms with Gasteiger partial charge in [0, 0.05) is 0 Å². The molecule has 35 valence electrons. The second-order valence-corrected chi connectivity index (χ2v) is 1.60. The van der Waals surface area contributed by atoms with Crippen LogP contribution in [0.4, 0.5) is 0 Å². The van der Waals surface area contributed by atoms with E-state index >= 15 is 0 Å². The molecule has 0 aromatic carbocycles. The molecule has 4 heteroatoms. The van der Waals surface area contributed by atoms with Crippen LogP contribution in [0.5, 0.6) is 0 Å². The van der Waals surface area contributed by atoms with Crippen molar-refractivity contribution in [2.45, 2.75) is 0 Å². The summed E-state index contributed by atoms with van der Waals surface area (Å²) in [7, 11) is 9.34. The first-order valence-corrected chi connectivity index (χ1v) is 2.82. The van der Waals surface area contributed by atoms with Crippen molar-refractivity contribution < 1.29 is 30.2 Å². The largest absolute Gasteiger partial charge is 1.00 e. The van der Waals surface area contributed by atoms with Crippen molar-refractivity contribution in [1.29, 1.82) is 0 Å². The zero-order chi connectivity index (χ0) is 2.71. The molecule has 0 spiro atoms. The van der Waals surface area contributed by atoms with E-state index in [1.807, 2.05) is 0 Å². The summed E-state index contributed by atoms with van der Waals surface area (Å²) in [4.78, 5) is 0. The van der Waals surface area contributed by atoms with Crippen LogP contribution in [-0.4, -0.2) is 0 Å². The van der Waals surface area contributed by atoms with Crippen molar-refractivity contribution in [3.63, 3.8) is 0 Å². The number of halogens is 2. The summed E-state index contributed by atoms with van der Waals surface area (Å²) in [5, 5.41) is 0. The molecule has 0 nitrogen and oxygen atoms in total. The van der Waals surface area contributed by atoms with Crippen LogP contribution in [0.15, 0.2) is 0 Å². The van der Waals surface area contributed by atoms with Crippen LogP contribution in [0.1, 0.15) is 0 Å². The molecule has 0 radical (unpaired) electrons. The molecular formula is Cl2Cu2+. The third-order valence-corrected chi connectivity index (χ3v) is 0. The molecule has 0 aliphatic carbocycles. The molecule has 0 unspecified atom stereocenters. The number of hydrogen-bond acceptors (Lipinski definition) is 0. The molecule has 0 aliphatic heterocycles. The van der Waals surface area contributed by atoms with E-state index in [9.17, 15) is 0 Å². The Kier molecular flexibility index (Phi) is 20.2. The number of hydrogen-bond donors (Lipinski definition) is 0. The van der Waals surface area contributed by atoms with Crippen LogP contribution in [-0.2, 0) is 30.2 Å². The average Bonchev–Trinajstić information content (AvgIpc) is 0.918. The van der Waals surface area contributed by atoms with E-state index in [1.165, 1.54) is 0 Å². The van der Waals surface area contributed by atoms with E-state index in [0.29, 0.717) is 0 Å². The zero-order valence-corrected chi connectivity index (χ0v) is 4.75. The van der Waals surface area contributed by atoms with Crippen LogP contribution >= 0.6 is 20.2 Å². The molecule has 0 aromatic rings. The summed E-state index contributed by atoms with van der Waals surface area (Å²) in [5.74, 6) is 0. The van der Waals surface area contributed by atoms with Crippen molar-refractivity contribution >= 4 is 20.2 Å². The quantitative estimate of drug-likeness (QED) is 0.515. The van der Waals surface area contributed by atoms with Gasteiger partial charge in [-0.25, -0.2) is 0 Å². The van der Waals surface area contributed by atoms with Gasteiger partial charge in [-0.1, -0.05) is 0 Å². The van der Waals surface area contributed by atoms with Gasteiger partial charge in [-0.05, 0) is 0 Å². The van der Waals surface area contributed by atoms with E-state index in [4.69, 9.17) is 0 Å². The van der Waals surface area contributed by atoms with E-state index in [-0.39, 0.29) is 17.1 Å². The maximum absolute atomic E-state index is 4.67. The van der Waals surface area contributed by atoms with Gasteiger partial charge >= 0.3 is 50.4 Å². The molecule has 0 rings (SSSR count). The van der Waals surface area contributed by atoms with Gasteiger partial charge in [0.15, 0.2) is 0 Å². The van der Waals surface area contributed by atoms with Crippen LogP contribution in [0, 0.1) is 0 Å². The van der Waals surface area contributed by atoms with E-state index in [0.717, 1.165) is 13.1 Å². The van der Waals surface area contributed by atoms with Gasteiger partial charge in [0.25, 0.3) is 0 Å². The molecule has 0 atom stereocenters. The van der Waals surface area contributed by atoms with Crippen molar-refractivity contribution in [3.05, 3.63) is 0 Å².